The van der Waals surface area contributed by atoms with Gasteiger partial charge in [0.15, 0.2) is 5.82 Å². The number of hydrogen-bond donors (Lipinski definition) is 1. The van der Waals surface area contributed by atoms with Gasteiger partial charge in [0.2, 0.25) is 11.8 Å². The van der Waals surface area contributed by atoms with Gasteiger partial charge in [-0.2, -0.15) is 4.98 Å². The van der Waals surface area contributed by atoms with E-state index in [1.807, 2.05) is 11.3 Å². The van der Waals surface area contributed by atoms with Gasteiger partial charge < -0.3 is 9.84 Å². The Hall–Kier alpha value is -1.69. The molecule has 2 saturated carbocycles. The van der Waals surface area contributed by atoms with Gasteiger partial charge in [-0.05, 0) is 38.3 Å². The molecule has 5 nitrogen and oxygen atoms in total. The molecule has 2 atom stereocenters. The Morgan fingerprint density at radius 3 is 2.88 bits per heavy atom. The highest BCUT2D eigenvalue weighted by atomic mass is 32.1. The van der Waals surface area contributed by atoms with Crippen molar-refractivity contribution >= 4 is 17.2 Å². The van der Waals surface area contributed by atoms with Crippen LogP contribution in [0.1, 0.15) is 71.8 Å². The standard InChI is InChI=1S/C18H23N3O2S/c1-11-7-8-15(24-11)13-9-14(13)18-20-16(21-23-18)10-17(22)19-12-5-3-2-4-6-12/h7-8,12-14H,2-6,9-10H2,1H3,(H,19,22)/t13-,14+/m0/s1. The molecule has 0 radical (unpaired) electrons. The summed E-state index contributed by atoms with van der Waals surface area (Å²) in [5, 5.41) is 7.10. The van der Waals surface area contributed by atoms with Crippen LogP contribution in [0.2, 0.25) is 0 Å². The molecule has 6 heteroatoms. The molecule has 2 aromatic heterocycles. The maximum absolute atomic E-state index is 12.1. The zero-order chi connectivity index (χ0) is 16.5. The third kappa shape index (κ3) is 3.53. The lowest BCUT2D eigenvalue weighted by molar-refractivity contribution is -0.121. The molecule has 4 rings (SSSR count). The molecular weight excluding hydrogens is 322 g/mol. The number of nitrogens with one attached hydrogen (secondary N) is 1. The number of amides is 1. The molecule has 24 heavy (non-hydrogen) atoms. The topological polar surface area (TPSA) is 68.0 Å². The summed E-state index contributed by atoms with van der Waals surface area (Å²) in [6.07, 6.45) is 7.17. The van der Waals surface area contributed by atoms with E-state index in [1.54, 1.807) is 0 Å². The van der Waals surface area contributed by atoms with Crippen LogP contribution >= 0.6 is 11.3 Å². The Balaban J connectivity index is 1.31. The van der Waals surface area contributed by atoms with E-state index in [9.17, 15) is 4.79 Å². The van der Waals surface area contributed by atoms with Gasteiger partial charge in [0.1, 0.15) is 0 Å². The van der Waals surface area contributed by atoms with Crippen LogP contribution in [0.3, 0.4) is 0 Å². The van der Waals surface area contributed by atoms with Crippen molar-refractivity contribution in [3.05, 3.63) is 33.6 Å². The molecule has 2 aliphatic carbocycles. The summed E-state index contributed by atoms with van der Waals surface area (Å²) in [5.74, 6) is 2.03. The van der Waals surface area contributed by atoms with Crippen molar-refractivity contribution in [1.29, 1.82) is 0 Å². The minimum absolute atomic E-state index is 0.00970. The van der Waals surface area contributed by atoms with Crippen molar-refractivity contribution in [2.24, 2.45) is 0 Å². The van der Waals surface area contributed by atoms with Crippen molar-refractivity contribution < 1.29 is 9.32 Å². The monoisotopic (exact) mass is 345 g/mol. The third-order valence-corrected chi connectivity index (χ3v) is 6.14. The average molecular weight is 345 g/mol. The van der Waals surface area contributed by atoms with Gasteiger partial charge in [0, 0.05) is 27.6 Å². The molecule has 2 aliphatic rings. The zero-order valence-electron chi connectivity index (χ0n) is 14.0. The summed E-state index contributed by atoms with van der Waals surface area (Å²) in [7, 11) is 0. The van der Waals surface area contributed by atoms with Gasteiger partial charge in [-0.15, -0.1) is 11.3 Å². The number of hydrogen-bond acceptors (Lipinski definition) is 5. The number of aromatic nitrogens is 2. The van der Waals surface area contributed by atoms with Crippen LogP contribution in [0.4, 0.5) is 0 Å². The maximum atomic E-state index is 12.1. The second-order valence-electron chi connectivity index (χ2n) is 7.03. The van der Waals surface area contributed by atoms with Crippen LogP contribution in [0.25, 0.3) is 0 Å². The van der Waals surface area contributed by atoms with Gasteiger partial charge in [0.05, 0.1) is 6.42 Å². The lowest BCUT2D eigenvalue weighted by Crippen LogP contribution is -2.37. The normalized spacial score (nSPS) is 24.0. The van der Waals surface area contributed by atoms with Crippen LogP contribution in [-0.4, -0.2) is 22.1 Å². The number of carbonyl (C=O) groups is 1. The van der Waals surface area contributed by atoms with Crippen molar-refractivity contribution in [1.82, 2.24) is 15.5 Å². The highest BCUT2D eigenvalue weighted by Gasteiger charge is 2.44. The first kappa shape index (κ1) is 15.8. The summed E-state index contributed by atoms with van der Waals surface area (Å²) in [6.45, 7) is 2.13. The van der Waals surface area contributed by atoms with Gasteiger partial charge >= 0.3 is 0 Å². The van der Waals surface area contributed by atoms with Crippen LogP contribution < -0.4 is 5.32 Å². The summed E-state index contributed by atoms with van der Waals surface area (Å²) in [4.78, 5) is 19.3. The molecule has 1 amide bonds. The van der Waals surface area contributed by atoms with E-state index in [0.717, 1.165) is 19.3 Å². The summed E-state index contributed by atoms with van der Waals surface area (Å²) in [5.41, 5.74) is 0. The van der Waals surface area contributed by atoms with E-state index in [0.29, 0.717) is 29.6 Å². The lowest BCUT2D eigenvalue weighted by atomic mass is 9.95. The molecule has 2 fully saturated rings. The molecule has 0 spiro atoms. The fourth-order valence-corrected chi connectivity index (χ4v) is 4.65. The molecule has 0 aliphatic heterocycles. The largest absolute Gasteiger partial charge is 0.353 e. The predicted octanol–water partition coefficient (Wildman–Crippen LogP) is 3.70. The molecular formula is C18H23N3O2S. The first-order valence-corrected chi connectivity index (χ1v) is 9.69. The average Bonchev–Trinajstić information content (AvgIpc) is 3.03. The number of carbonyl (C=O) groups excluding carboxylic acids is 1. The van der Waals surface area contributed by atoms with Crippen LogP contribution in [-0.2, 0) is 11.2 Å². The quantitative estimate of drug-likeness (QED) is 0.897. The highest BCUT2D eigenvalue weighted by molar-refractivity contribution is 7.12. The van der Waals surface area contributed by atoms with Crippen LogP contribution in [0.15, 0.2) is 16.7 Å². The minimum atomic E-state index is 0.00970. The summed E-state index contributed by atoms with van der Waals surface area (Å²) in [6, 6.07) is 4.68. The van der Waals surface area contributed by atoms with Gasteiger partial charge in [-0.25, -0.2) is 0 Å². The van der Waals surface area contributed by atoms with E-state index in [1.165, 1.54) is 29.0 Å². The summed E-state index contributed by atoms with van der Waals surface area (Å²) >= 11 is 1.84. The second kappa shape index (κ2) is 6.67. The van der Waals surface area contributed by atoms with Crippen molar-refractivity contribution in [3.8, 4) is 0 Å². The van der Waals surface area contributed by atoms with E-state index >= 15 is 0 Å². The Bertz CT molecular complexity index is 717. The highest BCUT2D eigenvalue weighted by Crippen LogP contribution is 2.55. The predicted molar refractivity (Wildman–Crippen MR) is 92.2 cm³/mol. The zero-order valence-corrected chi connectivity index (χ0v) is 14.8. The molecule has 0 unspecified atom stereocenters. The Kier molecular flexibility index (Phi) is 4.39. The first-order valence-electron chi connectivity index (χ1n) is 8.87. The Labute approximate surface area is 145 Å². The number of thiophene rings is 1. The van der Waals surface area contributed by atoms with E-state index in [-0.39, 0.29) is 12.3 Å². The number of rotatable bonds is 5. The molecule has 2 heterocycles. The van der Waals surface area contributed by atoms with Crippen molar-refractivity contribution in [2.75, 3.05) is 0 Å². The Morgan fingerprint density at radius 1 is 1.29 bits per heavy atom. The lowest BCUT2D eigenvalue weighted by Gasteiger charge is -2.22. The van der Waals surface area contributed by atoms with Gasteiger partial charge in [0.25, 0.3) is 0 Å². The van der Waals surface area contributed by atoms with Crippen molar-refractivity contribution in [2.45, 2.75) is 69.7 Å². The molecule has 2 aromatic rings. The minimum Gasteiger partial charge on any atom is -0.353 e. The second-order valence-corrected chi connectivity index (χ2v) is 8.34. The van der Waals surface area contributed by atoms with E-state index in [2.05, 4.69) is 34.5 Å². The number of aryl methyl sites for hydroxylation is 1. The van der Waals surface area contributed by atoms with Crippen LogP contribution in [0.5, 0.6) is 0 Å². The third-order valence-electron chi connectivity index (χ3n) is 5.01. The van der Waals surface area contributed by atoms with Crippen molar-refractivity contribution in [3.63, 3.8) is 0 Å². The van der Waals surface area contributed by atoms with E-state index in [4.69, 9.17) is 4.52 Å². The maximum Gasteiger partial charge on any atom is 0.230 e. The molecule has 0 bridgehead atoms. The fraction of sp³-hybridized carbons (Fsp3) is 0.611. The smallest absolute Gasteiger partial charge is 0.230 e. The fourth-order valence-electron chi connectivity index (χ4n) is 3.59. The molecule has 128 valence electrons. The SMILES string of the molecule is Cc1ccc([C@H]2C[C@H]2c2nc(CC(=O)NC3CCCCC3)no2)s1. The molecule has 1 N–H and O–H groups in total. The van der Waals surface area contributed by atoms with Gasteiger partial charge in [-0.1, -0.05) is 24.4 Å². The number of nitrogens with zero attached hydrogens (tertiary/aromatic N) is 2. The summed E-state index contributed by atoms with van der Waals surface area (Å²) < 4.78 is 5.40. The first-order chi connectivity index (χ1) is 11.7. The Morgan fingerprint density at radius 2 is 2.12 bits per heavy atom. The van der Waals surface area contributed by atoms with E-state index < -0.39 is 0 Å². The van der Waals surface area contributed by atoms with Crippen LogP contribution in [0, 0.1) is 6.92 Å². The molecule has 0 aromatic carbocycles. The molecule has 0 saturated heterocycles. The van der Waals surface area contributed by atoms with Gasteiger partial charge in [-0.3, -0.25) is 4.79 Å².